The van der Waals surface area contributed by atoms with Crippen LogP contribution >= 0.6 is 11.3 Å². The number of hydrogen-bond donors (Lipinski definition) is 1. The van der Waals surface area contributed by atoms with E-state index in [-0.39, 0.29) is 5.56 Å². The van der Waals surface area contributed by atoms with Crippen LogP contribution in [0.2, 0.25) is 0 Å². The lowest BCUT2D eigenvalue weighted by Crippen LogP contribution is -2.33. The molecular formula is C29H27N3O2S. The summed E-state index contributed by atoms with van der Waals surface area (Å²) in [7, 11) is 1.69. The molecule has 1 unspecified atom stereocenters. The van der Waals surface area contributed by atoms with Crippen LogP contribution in [0.15, 0.2) is 77.9 Å². The first-order valence-electron chi connectivity index (χ1n) is 12.0. The molecule has 2 aromatic heterocycles. The largest absolute Gasteiger partial charge is 0.497 e. The molecule has 0 radical (unpaired) electrons. The van der Waals surface area contributed by atoms with E-state index >= 15 is 0 Å². The monoisotopic (exact) mass is 481 g/mol. The standard InChI is InChI=1S/C29H27N3O2S/c1-34-24-8-4-5-19(14-24)16-30-23-11-12-25-26(15-23)35-28-27(25)29(33)32(18-31-28)17-20-9-10-21-6-2-3-7-22(21)13-20/h2-10,13-14,18,23,30H,11-12,15-17H2,1H3. The third-order valence-electron chi connectivity index (χ3n) is 6.93. The minimum Gasteiger partial charge on any atom is -0.497 e. The zero-order valence-electron chi connectivity index (χ0n) is 19.7. The first kappa shape index (κ1) is 22.0. The van der Waals surface area contributed by atoms with Gasteiger partial charge in [0.15, 0.2) is 0 Å². The maximum Gasteiger partial charge on any atom is 0.262 e. The Labute approximate surface area is 208 Å². The van der Waals surface area contributed by atoms with Gasteiger partial charge in [-0.2, -0.15) is 0 Å². The van der Waals surface area contributed by atoms with Crippen LogP contribution < -0.4 is 15.6 Å². The summed E-state index contributed by atoms with van der Waals surface area (Å²) in [6.07, 6.45) is 4.56. The Morgan fingerprint density at radius 2 is 1.94 bits per heavy atom. The summed E-state index contributed by atoms with van der Waals surface area (Å²) in [6.45, 7) is 1.33. The van der Waals surface area contributed by atoms with E-state index in [4.69, 9.17) is 9.72 Å². The lowest BCUT2D eigenvalue weighted by atomic mass is 9.93. The van der Waals surface area contributed by atoms with Gasteiger partial charge in [0, 0.05) is 17.5 Å². The fourth-order valence-corrected chi connectivity index (χ4v) is 6.32. The Morgan fingerprint density at radius 1 is 1.06 bits per heavy atom. The molecule has 0 saturated heterocycles. The highest BCUT2D eigenvalue weighted by atomic mass is 32.1. The molecule has 2 heterocycles. The van der Waals surface area contributed by atoms with E-state index in [1.807, 2.05) is 24.3 Å². The van der Waals surface area contributed by atoms with Crippen LogP contribution in [-0.2, 0) is 25.9 Å². The fourth-order valence-electron chi connectivity index (χ4n) is 5.07. The molecular weight excluding hydrogens is 454 g/mol. The predicted octanol–water partition coefficient (Wildman–Crippen LogP) is 5.32. The number of ether oxygens (including phenoxy) is 1. The molecule has 1 aliphatic carbocycles. The SMILES string of the molecule is COc1cccc(CNC2CCc3c(sc4ncn(Cc5ccc6ccccc6c5)c(=O)c34)C2)c1. The van der Waals surface area contributed by atoms with Crippen molar-refractivity contribution in [1.29, 1.82) is 0 Å². The van der Waals surface area contributed by atoms with E-state index in [0.717, 1.165) is 47.3 Å². The Bertz CT molecular complexity index is 1590. The van der Waals surface area contributed by atoms with Gasteiger partial charge in [-0.15, -0.1) is 11.3 Å². The Morgan fingerprint density at radius 3 is 2.83 bits per heavy atom. The number of benzene rings is 3. The molecule has 0 amide bonds. The van der Waals surface area contributed by atoms with Gasteiger partial charge in [-0.1, -0.05) is 48.5 Å². The van der Waals surface area contributed by atoms with Crippen LogP contribution in [0, 0.1) is 0 Å². The van der Waals surface area contributed by atoms with E-state index in [9.17, 15) is 4.79 Å². The Hall–Kier alpha value is -3.48. The second-order valence-corrected chi connectivity index (χ2v) is 10.3. The van der Waals surface area contributed by atoms with E-state index in [2.05, 4.69) is 47.8 Å². The van der Waals surface area contributed by atoms with Gasteiger partial charge < -0.3 is 10.1 Å². The van der Waals surface area contributed by atoms with Gasteiger partial charge in [0.2, 0.25) is 0 Å². The van der Waals surface area contributed by atoms with E-state index in [0.29, 0.717) is 12.6 Å². The van der Waals surface area contributed by atoms with Crippen molar-refractivity contribution >= 4 is 32.3 Å². The summed E-state index contributed by atoms with van der Waals surface area (Å²) in [4.78, 5) is 20.3. The molecule has 3 aromatic carbocycles. The van der Waals surface area contributed by atoms with Crippen LogP contribution in [0.5, 0.6) is 5.75 Å². The van der Waals surface area contributed by atoms with Crippen molar-refractivity contribution in [3.05, 3.63) is 105 Å². The second-order valence-electron chi connectivity index (χ2n) is 9.22. The minimum absolute atomic E-state index is 0.0726. The number of hydrogen-bond acceptors (Lipinski definition) is 5. The summed E-state index contributed by atoms with van der Waals surface area (Å²) in [5, 5.41) is 6.91. The van der Waals surface area contributed by atoms with Gasteiger partial charge in [-0.05, 0) is 64.9 Å². The van der Waals surface area contributed by atoms with Crippen LogP contribution in [0.25, 0.3) is 21.0 Å². The van der Waals surface area contributed by atoms with Crippen LogP contribution in [-0.4, -0.2) is 22.7 Å². The third kappa shape index (κ3) is 4.35. The van der Waals surface area contributed by atoms with Gasteiger partial charge >= 0.3 is 0 Å². The molecule has 176 valence electrons. The zero-order valence-corrected chi connectivity index (χ0v) is 20.5. The number of nitrogens with zero attached hydrogens (tertiary/aromatic N) is 2. The Balaban J connectivity index is 1.22. The first-order valence-corrected chi connectivity index (χ1v) is 12.8. The average Bonchev–Trinajstić information content (AvgIpc) is 3.27. The highest BCUT2D eigenvalue weighted by molar-refractivity contribution is 7.18. The predicted molar refractivity (Wildman–Crippen MR) is 143 cm³/mol. The number of fused-ring (bicyclic) bond motifs is 4. The number of nitrogens with one attached hydrogen (secondary N) is 1. The molecule has 0 spiro atoms. The molecule has 1 N–H and O–H groups in total. The molecule has 5 aromatic rings. The Kier molecular flexibility index (Phi) is 5.84. The first-order chi connectivity index (χ1) is 17.2. The molecule has 5 nitrogen and oxygen atoms in total. The summed E-state index contributed by atoms with van der Waals surface area (Å²) in [5.41, 5.74) is 3.60. The van der Waals surface area contributed by atoms with Crippen molar-refractivity contribution in [3.63, 3.8) is 0 Å². The van der Waals surface area contributed by atoms with Crippen molar-refractivity contribution in [1.82, 2.24) is 14.9 Å². The molecule has 0 bridgehead atoms. The maximum absolute atomic E-state index is 13.5. The summed E-state index contributed by atoms with van der Waals surface area (Å²) >= 11 is 1.68. The minimum atomic E-state index is 0.0726. The van der Waals surface area contributed by atoms with Gasteiger partial charge in [0.05, 0.1) is 25.4 Å². The molecule has 0 saturated carbocycles. The number of methoxy groups -OCH3 is 1. The smallest absolute Gasteiger partial charge is 0.262 e. The zero-order chi connectivity index (χ0) is 23.8. The van der Waals surface area contributed by atoms with Crippen LogP contribution in [0.3, 0.4) is 0 Å². The van der Waals surface area contributed by atoms with Crippen LogP contribution in [0.4, 0.5) is 0 Å². The number of rotatable bonds is 6. The molecule has 0 fully saturated rings. The number of thiophene rings is 1. The highest BCUT2D eigenvalue weighted by Gasteiger charge is 2.25. The second kappa shape index (κ2) is 9.29. The van der Waals surface area contributed by atoms with E-state index in [1.165, 1.54) is 26.8 Å². The fraction of sp³-hybridized carbons (Fsp3) is 0.241. The van der Waals surface area contributed by atoms with Gasteiger partial charge in [0.1, 0.15) is 10.6 Å². The normalized spacial score (nSPS) is 15.4. The molecule has 6 rings (SSSR count). The summed E-state index contributed by atoms with van der Waals surface area (Å²) < 4.78 is 7.10. The molecule has 1 atom stereocenters. The van der Waals surface area contributed by atoms with E-state index in [1.54, 1.807) is 29.3 Å². The lowest BCUT2D eigenvalue weighted by molar-refractivity contribution is 0.413. The average molecular weight is 482 g/mol. The van der Waals surface area contributed by atoms with Crippen LogP contribution in [0.1, 0.15) is 28.0 Å². The molecule has 1 aliphatic rings. The van der Waals surface area contributed by atoms with Crippen molar-refractivity contribution < 1.29 is 4.74 Å². The van der Waals surface area contributed by atoms with Crippen molar-refractivity contribution in [2.75, 3.05) is 7.11 Å². The van der Waals surface area contributed by atoms with Crippen molar-refractivity contribution in [3.8, 4) is 5.75 Å². The van der Waals surface area contributed by atoms with Crippen molar-refractivity contribution in [2.24, 2.45) is 0 Å². The molecule has 0 aliphatic heterocycles. The van der Waals surface area contributed by atoms with Gasteiger partial charge in [-0.25, -0.2) is 4.98 Å². The lowest BCUT2D eigenvalue weighted by Gasteiger charge is -2.23. The quantitative estimate of drug-likeness (QED) is 0.357. The highest BCUT2D eigenvalue weighted by Crippen LogP contribution is 2.34. The number of aromatic nitrogens is 2. The topological polar surface area (TPSA) is 56.1 Å². The molecule has 6 heteroatoms. The summed E-state index contributed by atoms with van der Waals surface area (Å²) in [6, 6.07) is 23.2. The van der Waals surface area contributed by atoms with Gasteiger partial charge in [-0.3, -0.25) is 9.36 Å². The maximum atomic E-state index is 13.5. The third-order valence-corrected chi connectivity index (χ3v) is 8.09. The number of aryl methyl sites for hydroxylation is 1. The summed E-state index contributed by atoms with van der Waals surface area (Å²) in [5.74, 6) is 0.880. The van der Waals surface area contributed by atoms with Gasteiger partial charge in [0.25, 0.3) is 5.56 Å². The van der Waals surface area contributed by atoms with E-state index < -0.39 is 0 Å². The molecule has 35 heavy (non-hydrogen) atoms. The van der Waals surface area contributed by atoms with Crippen molar-refractivity contribution in [2.45, 2.75) is 38.4 Å².